The van der Waals surface area contributed by atoms with Gasteiger partial charge in [-0.15, -0.1) is 0 Å². The van der Waals surface area contributed by atoms with Crippen LogP contribution in [0.2, 0.25) is 0 Å². The Labute approximate surface area is 63.8 Å². The van der Waals surface area contributed by atoms with Gasteiger partial charge in [-0.1, -0.05) is 0 Å². The van der Waals surface area contributed by atoms with Crippen molar-refractivity contribution < 1.29 is 14.6 Å². The Morgan fingerprint density at radius 3 is 3.18 bits per heavy atom. The van der Waals surface area contributed by atoms with Crippen molar-refractivity contribution in [3.05, 3.63) is 12.4 Å². The molecule has 4 heteroatoms. The average Bonchev–Trinajstić information content (AvgIpc) is 2.50. The highest BCUT2D eigenvalue weighted by molar-refractivity contribution is 5.38. The fourth-order valence-corrected chi connectivity index (χ4v) is 1.03. The first-order valence-corrected chi connectivity index (χ1v) is 3.47. The molecule has 0 radical (unpaired) electrons. The molecule has 0 fully saturated rings. The van der Waals surface area contributed by atoms with Gasteiger partial charge in [-0.2, -0.15) is 0 Å². The molecular weight excluding hydrogens is 146 g/mol. The minimum Gasteiger partial charge on any atom is -0.484 e. The van der Waals surface area contributed by atoms with Crippen molar-refractivity contribution in [3.63, 3.8) is 0 Å². The number of rotatable bonds is 1. The Kier molecular flexibility index (Phi) is 1.47. The number of aliphatic hydroxyl groups excluding tert-OH is 1. The zero-order valence-electron chi connectivity index (χ0n) is 5.91. The van der Waals surface area contributed by atoms with Crippen LogP contribution in [0.15, 0.2) is 12.4 Å². The SMILES string of the molecule is OCC1COc2c[nH]cc2O1. The quantitative estimate of drug-likeness (QED) is 0.606. The van der Waals surface area contributed by atoms with E-state index in [0.29, 0.717) is 12.4 Å². The van der Waals surface area contributed by atoms with E-state index in [9.17, 15) is 0 Å². The van der Waals surface area contributed by atoms with Gasteiger partial charge < -0.3 is 19.6 Å². The van der Waals surface area contributed by atoms with Gasteiger partial charge in [0.2, 0.25) is 0 Å². The average molecular weight is 155 g/mol. The first-order chi connectivity index (χ1) is 5.40. The molecule has 1 aliphatic rings. The molecular formula is C7H9NO3. The Morgan fingerprint density at radius 1 is 1.55 bits per heavy atom. The second-order valence-electron chi connectivity index (χ2n) is 2.42. The molecule has 60 valence electrons. The van der Waals surface area contributed by atoms with Crippen LogP contribution in [0.1, 0.15) is 0 Å². The number of aliphatic hydroxyl groups is 1. The van der Waals surface area contributed by atoms with E-state index >= 15 is 0 Å². The number of hydrogen-bond acceptors (Lipinski definition) is 3. The van der Waals surface area contributed by atoms with Gasteiger partial charge >= 0.3 is 0 Å². The van der Waals surface area contributed by atoms with E-state index in [0.717, 1.165) is 5.75 Å². The van der Waals surface area contributed by atoms with E-state index in [-0.39, 0.29) is 12.7 Å². The molecule has 2 heterocycles. The van der Waals surface area contributed by atoms with Crippen LogP contribution in [0, 0.1) is 0 Å². The molecule has 2 N–H and O–H groups in total. The molecule has 4 nitrogen and oxygen atoms in total. The highest BCUT2D eigenvalue weighted by Crippen LogP contribution is 2.30. The van der Waals surface area contributed by atoms with Gasteiger partial charge in [-0.05, 0) is 0 Å². The minimum atomic E-state index is -0.224. The Balaban J connectivity index is 2.18. The normalized spacial score (nSPS) is 21.7. The van der Waals surface area contributed by atoms with Gasteiger partial charge in [-0.25, -0.2) is 0 Å². The number of aromatic amines is 1. The van der Waals surface area contributed by atoms with Crippen LogP contribution < -0.4 is 9.47 Å². The Hall–Kier alpha value is -1.16. The first-order valence-electron chi connectivity index (χ1n) is 3.47. The molecule has 0 amide bonds. The van der Waals surface area contributed by atoms with Crippen molar-refractivity contribution >= 4 is 0 Å². The summed E-state index contributed by atoms with van der Waals surface area (Å²) in [6.07, 6.45) is 3.21. The van der Waals surface area contributed by atoms with E-state index < -0.39 is 0 Å². The maximum Gasteiger partial charge on any atom is 0.179 e. The summed E-state index contributed by atoms with van der Waals surface area (Å²) in [5.41, 5.74) is 0. The van der Waals surface area contributed by atoms with Crippen molar-refractivity contribution in [2.24, 2.45) is 0 Å². The van der Waals surface area contributed by atoms with E-state index in [4.69, 9.17) is 14.6 Å². The predicted octanol–water partition coefficient (Wildman–Crippen LogP) is 0.147. The molecule has 1 unspecified atom stereocenters. The zero-order chi connectivity index (χ0) is 7.68. The summed E-state index contributed by atoms with van der Waals surface area (Å²) >= 11 is 0. The van der Waals surface area contributed by atoms with E-state index in [2.05, 4.69) is 4.98 Å². The predicted molar refractivity (Wildman–Crippen MR) is 37.8 cm³/mol. The number of hydrogen-bond donors (Lipinski definition) is 2. The van der Waals surface area contributed by atoms with E-state index in [1.165, 1.54) is 0 Å². The third-order valence-corrected chi connectivity index (χ3v) is 1.59. The lowest BCUT2D eigenvalue weighted by atomic mass is 10.3. The van der Waals surface area contributed by atoms with Crippen molar-refractivity contribution in [2.45, 2.75) is 6.10 Å². The van der Waals surface area contributed by atoms with Crippen molar-refractivity contribution in [1.82, 2.24) is 4.98 Å². The highest BCUT2D eigenvalue weighted by Gasteiger charge is 2.20. The van der Waals surface area contributed by atoms with Crippen molar-refractivity contribution in [2.75, 3.05) is 13.2 Å². The lowest BCUT2D eigenvalue weighted by Crippen LogP contribution is -2.31. The van der Waals surface area contributed by atoms with Crippen molar-refractivity contribution in [3.8, 4) is 11.5 Å². The number of H-pyrrole nitrogens is 1. The molecule has 2 rings (SSSR count). The number of aromatic nitrogens is 1. The van der Waals surface area contributed by atoms with Gasteiger partial charge in [-0.3, -0.25) is 0 Å². The topological polar surface area (TPSA) is 54.5 Å². The number of fused-ring (bicyclic) bond motifs is 1. The van der Waals surface area contributed by atoms with Crippen LogP contribution in [0.25, 0.3) is 0 Å². The molecule has 1 atom stereocenters. The second kappa shape index (κ2) is 2.47. The minimum absolute atomic E-state index is 0.00931. The third kappa shape index (κ3) is 1.05. The van der Waals surface area contributed by atoms with Crippen LogP contribution in [0.4, 0.5) is 0 Å². The van der Waals surface area contributed by atoms with Crippen LogP contribution in [0.3, 0.4) is 0 Å². The van der Waals surface area contributed by atoms with Crippen LogP contribution in [0.5, 0.6) is 11.5 Å². The molecule has 0 spiro atoms. The summed E-state index contributed by atoms with van der Waals surface area (Å²) < 4.78 is 10.6. The summed E-state index contributed by atoms with van der Waals surface area (Å²) in [4.78, 5) is 2.85. The monoisotopic (exact) mass is 155 g/mol. The lowest BCUT2D eigenvalue weighted by Gasteiger charge is -2.22. The fourth-order valence-electron chi connectivity index (χ4n) is 1.03. The summed E-state index contributed by atoms with van der Waals surface area (Å²) in [7, 11) is 0. The largest absolute Gasteiger partial charge is 0.484 e. The standard InChI is InChI=1S/C7H9NO3/c9-3-5-4-10-6-1-8-2-7(6)11-5/h1-2,5,8-9H,3-4H2. The molecule has 1 aliphatic heterocycles. The van der Waals surface area contributed by atoms with Gasteiger partial charge in [0.25, 0.3) is 0 Å². The van der Waals surface area contributed by atoms with Gasteiger partial charge in [0, 0.05) is 12.4 Å². The maximum atomic E-state index is 8.74. The van der Waals surface area contributed by atoms with E-state index in [1.807, 2.05) is 0 Å². The second-order valence-corrected chi connectivity index (χ2v) is 2.42. The highest BCUT2D eigenvalue weighted by atomic mass is 16.6. The number of nitrogens with one attached hydrogen (secondary N) is 1. The molecule has 1 aromatic rings. The van der Waals surface area contributed by atoms with Crippen molar-refractivity contribution in [1.29, 1.82) is 0 Å². The Morgan fingerprint density at radius 2 is 2.36 bits per heavy atom. The summed E-state index contributed by atoms with van der Waals surface area (Å²) in [5, 5.41) is 8.74. The fraction of sp³-hybridized carbons (Fsp3) is 0.429. The zero-order valence-corrected chi connectivity index (χ0v) is 5.91. The molecule has 0 aromatic carbocycles. The van der Waals surface area contributed by atoms with Gasteiger partial charge in [0.1, 0.15) is 6.61 Å². The summed E-state index contributed by atoms with van der Waals surface area (Å²) in [5.74, 6) is 1.39. The molecule has 0 saturated heterocycles. The summed E-state index contributed by atoms with van der Waals surface area (Å²) in [6.45, 7) is 0.409. The van der Waals surface area contributed by atoms with Gasteiger partial charge in [0.15, 0.2) is 17.6 Å². The Bertz CT molecular complexity index is 246. The molecule has 0 saturated carbocycles. The summed E-state index contributed by atoms with van der Waals surface area (Å²) in [6, 6.07) is 0. The lowest BCUT2D eigenvalue weighted by molar-refractivity contribution is 0.0466. The van der Waals surface area contributed by atoms with Crippen LogP contribution in [-0.4, -0.2) is 29.4 Å². The van der Waals surface area contributed by atoms with Crippen LogP contribution >= 0.6 is 0 Å². The maximum absolute atomic E-state index is 8.74. The molecule has 1 aromatic heterocycles. The molecule has 0 bridgehead atoms. The molecule has 11 heavy (non-hydrogen) atoms. The van der Waals surface area contributed by atoms with Gasteiger partial charge in [0.05, 0.1) is 6.61 Å². The number of ether oxygens (including phenoxy) is 2. The molecule has 0 aliphatic carbocycles. The smallest absolute Gasteiger partial charge is 0.179 e. The van der Waals surface area contributed by atoms with Crippen LogP contribution in [-0.2, 0) is 0 Å². The first kappa shape index (κ1) is 6.54. The third-order valence-electron chi connectivity index (χ3n) is 1.59. The van der Waals surface area contributed by atoms with E-state index in [1.54, 1.807) is 12.4 Å².